The van der Waals surface area contributed by atoms with Crippen molar-refractivity contribution < 1.29 is 4.79 Å². The standard InChI is InChI=1S/C4H9NOS/c1-2-3-7-4(5)6/h2-3H2,1H3,(H2,5,6). The Kier molecular flexibility index (Phi) is 3.89. The van der Waals surface area contributed by atoms with Crippen LogP contribution in [0, 0.1) is 0 Å². The Bertz CT molecular complexity index is 64.7. The molecule has 0 atom stereocenters. The molecule has 0 heterocycles. The summed E-state index contributed by atoms with van der Waals surface area (Å²) in [6, 6.07) is 0. The number of hydrogen-bond donors (Lipinski definition) is 1. The molecule has 0 unspecified atom stereocenters. The summed E-state index contributed by atoms with van der Waals surface area (Å²) in [5.41, 5.74) is 4.80. The van der Waals surface area contributed by atoms with Crippen molar-refractivity contribution in [3.05, 3.63) is 0 Å². The summed E-state index contributed by atoms with van der Waals surface area (Å²) in [4.78, 5) is 9.94. The fourth-order valence-electron chi connectivity index (χ4n) is 0.203. The van der Waals surface area contributed by atoms with Gasteiger partial charge in [0.1, 0.15) is 0 Å². The van der Waals surface area contributed by atoms with E-state index in [0.717, 1.165) is 12.2 Å². The lowest BCUT2D eigenvalue weighted by Gasteiger charge is -1.86. The molecule has 0 aromatic carbocycles. The van der Waals surface area contributed by atoms with E-state index in [9.17, 15) is 4.79 Å². The first-order valence-corrected chi connectivity index (χ1v) is 3.18. The Hall–Kier alpha value is -0.180. The molecule has 0 aliphatic heterocycles. The summed E-state index contributed by atoms with van der Waals surface area (Å²) in [5.74, 6) is 0.843. The van der Waals surface area contributed by atoms with Gasteiger partial charge < -0.3 is 5.73 Å². The molecule has 0 aromatic heterocycles. The van der Waals surface area contributed by atoms with Crippen LogP contribution in [0.2, 0.25) is 0 Å². The second kappa shape index (κ2) is 3.99. The average Bonchev–Trinajstić information content (AvgIpc) is 1.61. The van der Waals surface area contributed by atoms with Gasteiger partial charge >= 0.3 is 0 Å². The van der Waals surface area contributed by atoms with Crippen molar-refractivity contribution in [3.63, 3.8) is 0 Å². The van der Waals surface area contributed by atoms with Crippen LogP contribution in [0.4, 0.5) is 4.79 Å². The molecular weight excluding hydrogens is 110 g/mol. The van der Waals surface area contributed by atoms with Crippen LogP contribution < -0.4 is 5.73 Å². The maximum Gasteiger partial charge on any atom is 0.276 e. The first kappa shape index (κ1) is 6.82. The van der Waals surface area contributed by atoms with E-state index in [1.54, 1.807) is 0 Å². The predicted octanol–water partition coefficient (Wildman–Crippen LogP) is 1.21. The van der Waals surface area contributed by atoms with Gasteiger partial charge in [-0.05, 0) is 6.42 Å². The number of carbonyl (C=O) groups excluding carboxylic acids is 1. The van der Waals surface area contributed by atoms with Crippen molar-refractivity contribution in [2.45, 2.75) is 13.3 Å². The van der Waals surface area contributed by atoms with Gasteiger partial charge in [0.2, 0.25) is 0 Å². The van der Waals surface area contributed by atoms with Crippen LogP contribution in [0.5, 0.6) is 0 Å². The topological polar surface area (TPSA) is 43.1 Å². The summed E-state index contributed by atoms with van der Waals surface area (Å²) in [6.45, 7) is 2.01. The maximum absolute atomic E-state index is 9.94. The van der Waals surface area contributed by atoms with E-state index in [2.05, 4.69) is 0 Å². The molecule has 0 radical (unpaired) electrons. The molecule has 0 rings (SSSR count). The molecule has 2 N–H and O–H groups in total. The van der Waals surface area contributed by atoms with Crippen LogP contribution in [0.25, 0.3) is 0 Å². The van der Waals surface area contributed by atoms with Gasteiger partial charge in [0.25, 0.3) is 5.24 Å². The van der Waals surface area contributed by atoms with E-state index < -0.39 is 0 Å². The lowest BCUT2D eigenvalue weighted by atomic mass is 10.6. The molecule has 0 fully saturated rings. The Morgan fingerprint density at radius 2 is 2.43 bits per heavy atom. The second-order valence-electron chi connectivity index (χ2n) is 1.17. The lowest BCUT2D eigenvalue weighted by Crippen LogP contribution is -2.02. The molecule has 2 nitrogen and oxygen atoms in total. The number of amides is 1. The normalized spacial score (nSPS) is 8.71. The van der Waals surface area contributed by atoms with Crippen LogP contribution in [-0.2, 0) is 0 Å². The van der Waals surface area contributed by atoms with Gasteiger partial charge in [0.15, 0.2) is 0 Å². The number of hydrogen-bond acceptors (Lipinski definition) is 2. The zero-order chi connectivity index (χ0) is 5.70. The highest BCUT2D eigenvalue weighted by molar-refractivity contribution is 8.13. The quantitative estimate of drug-likeness (QED) is 0.593. The molecule has 0 saturated heterocycles. The molecule has 0 aliphatic rings. The molecule has 42 valence electrons. The molecule has 0 aromatic rings. The lowest BCUT2D eigenvalue weighted by molar-refractivity contribution is 0.267. The third-order valence-electron chi connectivity index (χ3n) is 0.448. The minimum absolute atomic E-state index is 0.276. The van der Waals surface area contributed by atoms with Crippen molar-refractivity contribution in [2.75, 3.05) is 5.75 Å². The van der Waals surface area contributed by atoms with Gasteiger partial charge in [-0.25, -0.2) is 0 Å². The first-order chi connectivity index (χ1) is 3.27. The van der Waals surface area contributed by atoms with E-state index in [1.165, 1.54) is 11.8 Å². The van der Waals surface area contributed by atoms with Gasteiger partial charge in [0, 0.05) is 5.75 Å². The van der Waals surface area contributed by atoms with Gasteiger partial charge in [0.05, 0.1) is 0 Å². The molecule has 0 saturated carbocycles. The zero-order valence-corrected chi connectivity index (χ0v) is 5.12. The Labute approximate surface area is 47.5 Å². The zero-order valence-electron chi connectivity index (χ0n) is 4.31. The third kappa shape index (κ3) is 5.82. The fourth-order valence-corrected chi connectivity index (χ4v) is 0.608. The minimum atomic E-state index is -0.276. The van der Waals surface area contributed by atoms with Crippen molar-refractivity contribution >= 4 is 17.0 Å². The van der Waals surface area contributed by atoms with E-state index in [-0.39, 0.29) is 5.24 Å². The predicted molar refractivity (Wildman–Crippen MR) is 32.3 cm³/mol. The summed E-state index contributed by atoms with van der Waals surface area (Å²) in [7, 11) is 0. The highest BCUT2D eigenvalue weighted by atomic mass is 32.2. The SMILES string of the molecule is CCCSC(N)=O. The van der Waals surface area contributed by atoms with Crippen LogP contribution >= 0.6 is 11.8 Å². The highest BCUT2D eigenvalue weighted by Crippen LogP contribution is 1.99. The monoisotopic (exact) mass is 119 g/mol. The average molecular weight is 119 g/mol. The van der Waals surface area contributed by atoms with Gasteiger partial charge in [-0.15, -0.1) is 0 Å². The number of thioether (sulfide) groups is 1. The second-order valence-corrected chi connectivity index (χ2v) is 2.27. The highest BCUT2D eigenvalue weighted by Gasteiger charge is 1.88. The third-order valence-corrected chi connectivity index (χ3v) is 1.35. The summed E-state index contributed by atoms with van der Waals surface area (Å²) in [6.07, 6.45) is 1.01. The molecule has 0 aliphatic carbocycles. The van der Waals surface area contributed by atoms with E-state index in [4.69, 9.17) is 5.73 Å². The number of carbonyl (C=O) groups is 1. The Balaban J connectivity index is 2.82. The molecule has 0 bridgehead atoms. The first-order valence-electron chi connectivity index (χ1n) is 2.19. The van der Waals surface area contributed by atoms with E-state index in [1.807, 2.05) is 6.92 Å². The molecule has 1 amide bonds. The largest absolute Gasteiger partial charge is 0.361 e. The number of primary amides is 1. The molecule has 3 heteroatoms. The van der Waals surface area contributed by atoms with Crippen molar-refractivity contribution in [2.24, 2.45) is 5.73 Å². The van der Waals surface area contributed by atoms with E-state index >= 15 is 0 Å². The maximum atomic E-state index is 9.94. The molecule has 0 spiro atoms. The van der Waals surface area contributed by atoms with Crippen LogP contribution in [0.15, 0.2) is 0 Å². The van der Waals surface area contributed by atoms with Crippen LogP contribution in [0.3, 0.4) is 0 Å². The molecular formula is C4H9NOS. The van der Waals surface area contributed by atoms with Crippen molar-refractivity contribution in [3.8, 4) is 0 Å². The Morgan fingerprint density at radius 1 is 1.86 bits per heavy atom. The summed E-state index contributed by atoms with van der Waals surface area (Å²) in [5, 5.41) is -0.276. The van der Waals surface area contributed by atoms with Gasteiger partial charge in [-0.3, -0.25) is 4.79 Å². The van der Waals surface area contributed by atoms with E-state index in [0.29, 0.717) is 0 Å². The Morgan fingerprint density at radius 3 is 2.57 bits per heavy atom. The summed E-state index contributed by atoms with van der Waals surface area (Å²) >= 11 is 1.17. The number of nitrogens with two attached hydrogens (primary N) is 1. The van der Waals surface area contributed by atoms with Crippen LogP contribution in [-0.4, -0.2) is 11.0 Å². The van der Waals surface area contributed by atoms with Gasteiger partial charge in [-0.2, -0.15) is 0 Å². The number of rotatable bonds is 2. The van der Waals surface area contributed by atoms with Gasteiger partial charge in [-0.1, -0.05) is 18.7 Å². The van der Waals surface area contributed by atoms with Crippen molar-refractivity contribution in [1.82, 2.24) is 0 Å². The fraction of sp³-hybridized carbons (Fsp3) is 0.750. The smallest absolute Gasteiger partial charge is 0.276 e. The molecule has 7 heavy (non-hydrogen) atoms. The van der Waals surface area contributed by atoms with Crippen LogP contribution in [0.1, 0.15) is 13.3 Å². The van der Waals surface area contributed by atoms with Crippen molar-refractivity contribution in [1.29, 1.82) is 0 Å². The summed E-state index contributed by atoms with van der Waals surface area (Å²) < 4.78 is 0. The minimum Gasteiger partial charge on any atom is -0.361 e.